The van der Waals surface area contributed by atoms with Gasteiger partial charge < -0.3 is 16.0 Å². The summed E-state index contributed by atoms with van der Waals surface area (Å²) in [6.45, 7) is 1.66. The number of halogens is 5. The lowest BCUT2D eigenvalue weighted by Crippen LogP contribution is -2.20. The molecule has 32 heavy (non-hydrogen) atoms. The van der Waals surface area contributed by atoms with Gasteiger partial charge in [0.05, 0.1) is 16.8 Å². The fraction of sp³-hybridized carbons (Fsp3) is 0.0909. The van der Waals surface area contributed by atoms with Crippen LogP contribution in [0, 0.1) is 18.6 Å². The number of urea groups is 1. The first-order valence-corrected chi connectivity index (χ1v) is 9.15. The number of amides is 3. The van der Waals surface area contributed by atoms with Crippen LogP contribution in [0.3, 0.4) is 0 Å². The largest absolute Gasteiger partial charge is 0.416 e. The number of hydrogen-bond acceptors (Lipinski definition) is 2. The predicted octanol–water partition coefficient (Wildman–Crippen LogP) is 6.19. The molecule has 166 valence electrons. The fourth-order valence-electron chi connectivity index (χ4n) is 2.74. The lowest BCUT2D eigenvalue weighted by molar-refractivity contribution is -0.137. The zero-order valence-electron chi connectivity index (χ0n) is 16.5. The van der Waals surface area contributed by atoms with E-state index in [-0.39, 0.29) is 22.6 Å². The lowest BCUT2D eigenvalue weighted by Gasteiger charge is -2.12. The van der Waals surface area contributed by atoms with E-state index in [4.69, 9.17) is 0 Å². The predicted molar refractivity (Wildman–Crippen MR) is 110 cm³/mol. The number of rotatable bonds is 4. The lowest BCUT2D eigenvalue weighted by atomic mass is 10.1. The van der Waals surface area contributed by atoms with Crippen molar-refractivity contribution < 1.29 is 31.5 Å². The van der Waals surface area contributed by atoms with Gasteiger partial charge in [0.25, 0.3) is 5.91 Å². The summed E-state index contributed by atoms with van der Waals surface area (Å²) in [6.07, 6.45) is -4.50. The zero-order chi connectivity index (χ0) is 23.5. The van der Waals surface area contributed by atoms with Gasteiger partial charge in [-0.2, -0.15) is 13.2 Å². The number of aryl methyl sites for hydroxylation is 1. The van der Waals surface area contributed by atoms with Gasteiger partial charge in [0, 0.05) is 11.4 Å². The van der Waals surface area contributed by atoms with Crippen LogP contribution in [0.1, 0.15) is 21.5 Å². The van der Waals surface area contributed by atoms with Crippen molar-refractivity contribution in [3.05, 3.63) is 89.0 Å². The van der Waals surface area contributed by atoms with Gasteiger partial charge in [0.1, 0.15) is 11.6 Å². The molecular formula is C22H16F5N3O2. The van der Waals surface area contributed by atoms with Crippen molar-refractivity contribution in [2.24, 2.45) is 0 Å². The van der Waals surface area contributed by atoms with Crippen molar-refractivity contribution in [1.29, 1.82) is 0 Å². The Morgan fingerprint density at radius 3 is 2.00 bits per heavy atom. The SMILES string of the molecule is Cc1ccc(F)c(C(=O)Nc2cc(NC(=O)Nc3ccc(C(F)(F)F)cc3)ccc2F)c1. The van der Waals surface area contributed by atoms with Crippen molar-refractivity contribution in [2.75, 3.05) is 16.0 Å². The molecule has 0 aliphatic carbocycles. The van der Waals surface area contributed by atoms with Crippen molar-refractivity contribution in [2.45, 2.75) is 13.1 Å². The van der Waals surface area contributed by atoms with E-state index in [0.29, 0.717) is 5.56 Å². The third-order valence-corrected chi connectivity index (χ3v) is 4.31. The van der Waals surface area contributed by atoms with E-state index in [1.807, 2.05) is 0 Å². The first-order valence-electron chi connectivity index (χ1n) is 9.15. The Labute approximate surface area is 179 Å². The van der Waals surface area contributed by atoms with Gasteiger partial charge in [-0.05, 0) is 61.5 Å². The summed E-state index contributed by atoms with van der Waals surface area (Å²) >= 11 is 0. The van der Waals surface area contributed by atoms with E-state index >= 15 is 0 Å². The average molecular weight is 449 g/mol. The summed E-state index contributed by atoms with van der Waals surface area (Å²) in [5, 5.41) is 6.95. The Balaban J connectivity index is 1.69. The number of carbonyl (C=O) groups excluding carboxylic acids is 2. The minimum absolute atomic E-state index is 0.0795. The maximum Gasteiger partial charge on any atom is 0.416 e. The maximum atomic E-state index is 14.1. The number of hydrogen-bond donors (Lipinski definition) is 3. The standard InChI is InChI=1S/C22H16F5N3O2/c1-12-2-8-17(23)16(10-12)20(31)30-19-11-15(7-9-18(19)24)29-21(32)28-14-5-3-13(4-6-14)22(25,26)27/h2-11H,1H3,(H,30,31)(H2,28,29,32). The van der Waals surface area contributed by atoms with Crippen LogP contribution < -0.4 is 16.0 Å². The number of anilines is 3. The Morgan fingerprint density at radius 1 is 0.750 bits per heavy atom. The molecule has 0 spiro atoms. The summed E-state index contributed by atoms with van der Waals surface area (Å²) in [4.78, 5) is 24.4. The second-order valence-electron chi connectivity index (χ2n) is 6.79. The van der Waals surface area contributed by atoms with Crippen LogP contribution in [-0.2, 0) is 6.18 Å². The highest BCUT2D eigenvalue weighted by atomic mass is 19.4. The quantitative estimate of drug-likeness (QED) is 0.416. The second kappa shape index (κ2) is 9.04. The van der Waals surface area contributed by atoms with Gasteiger partial charge in [-0.15, -0.1) is 0 Å². The zero-order valence-corrected chi connectivity index (χ0v) is 16.5. The van der Waals surface area contributed by atoms with Crippen LogP contribution in [0.15, 0.2) is 60.7 Å². The van der Waals surface area contributed by atoms with E-state index in [1.165, 1.54) is 18.2 Å². The number of carbonyl (C=O) groups is 2. The van der Waals surface area contributed by atoms with Crippen LogP contribution in [-0.4, -0.2) is 11.9 Å². The van der Waals surface area contributed by atoms with E-state index in [2.05, 4.69) is 16.0 Å². The van der Waals surface area contributed by atoms with Crippen LogP contribution in [0.2, 0.25) is 0 Å². The molecule has 0 saturated carbocycles. The molecule has 0 radical (unpaired) electrons. The molecule has 0 heterocycles. The Morgan fingerprint density at radius 2 is 1.34 bits per heavy atom. The van der Waals surface area contributed by atoms with Gasteiger partial charge in [-0.3, -0.25) is 4.79 Å². The Hall–Kier alpha value is -3.95. The smallest absolute Gasteiger partial charge is 0.319 e. The molecule has 0 atom stereocenters. The number of alkyl halides is 3. The molecule has 3 amide bonds. The van der Waals surface area contributed by atoms with E-state index in [1.54, 1.807) is 6.92 Å². The molecule has 5 nitrogen and oxygen atoms in total. The summed E-state index contributed by atoms with van der Waals surface area (Å²) in [7, 11) is 0. The van der Waals surface area contributed by atoms with Crippen molar-refractivity contribution >= 4 is 29.0 Å². The summed E-state index contributed by atoms with van der Waals surface area (Å²) in [5.74, 6) is -2.48. The topological polar surface area (TPSA) is 70.2 Å². The first-order chi connectivity index (χ1) is 15.0. The molecule has 10 heteroatoms. The molecule has 0 bridgehead atoms. The van der Waals surface area contributed by atoms with Crippen LogP contribution in [0.25, 0.3) is 0 Å². The summed E-state index contributed by atoms with van der Waals surface area (Å²) in [6, 6.07) is 10.2. The van der Waals surface area contributed by atoms with Crippen LogP contribution in [0.4, 0.5) is 43.8 Å². The fourth-order valence-corrected chi connectivity index (χ4v) is 2.74. The molecule has 3 aromatic rings. The van der Waals surface area contributed by atoms with Crippen molar-refractivity contribution in [3.8, 4) is 0 Å². The highest BCUT2D eigenvalue weighted by Gasteiger charge is 2.30. The van der Waals surface area contributed by atoms with E-state index < -0.39 is 35.3 Å². The molecular weight excluding hydrogens is 433 g/mol. The average Bonchev–Trinajstić information content (AvgIpc) is 2.72. The molecule has 0 saturated heterocycles. The van der Waals surface area contributed by atoms with E-state index in [0.717, 1.165) is 42.5 Å². The maximum absolute atomic E-state index is 14.1. The van der Waals surface area contributed by atoms with Crippen molar-refractivity contribution in [3.63, 3.8) is 0 Å². The Bertz CT molecular complexity index is 1160. The number of benzene rings is 3. The molecule has 0 unspecified atom stereocenters. The van der Waals surface area contributed by atoms with Gasteiger partial charge in [-0.25, -0.2) is 13.6 Å². The molecule has 3 aromatic carbocycles. The first kappa shape index (κ1) is 22.7. The molecule has 0 fully saturated rings. The van der Waals surface area contributed by atoms with Gasteiger partial charge in [-0.1, -0.05) is 11.6 Å². The minimum Gasteiger partial charge on any atom is -0.319 e. The van der Waals surface area contributed by atoms with Crippen LogP contribution in [0.5, 0.6) is 0 Å². The number of nitrogens with one attached hydrogen (secondary N) is 3. The monoisotopic (exact) mass is 449 g/mol. The normalized spacial score (nSPS) is 11.1. The molecule has 0 aromatic heterocycles. The third kappa shape index (κ3) is 5.60. The van der Waals surface area contributed by atoms with Crippen molar-refractivity contribution in [1.82, 2.24) is 0 Å². The summed E-state index contributed by atoms with van der Waals surface area (Å²) in [5.41, 5.74) is -0.636. The second-order valence-corrected chi connectivity index (χ2v) is 6.79. The third-order valence-electron chi connectivity index (χ3n) is 4.31. The highest BCUT2D eigenvalue weighted by molar-refractivity contribution is 6.05. The summed E-state index contributed by atoms with van der Waals surface area (Å²) < 4.78 is 65.8. The molecule has 3 N–H and O–H groups in total. The van der Waals surface area contributed by atoms with Gasteiger partial charge in [0.2, 0.25) is 0 Å². The van der Waals surface area contributed by atoms with Gasteiger partial charge >= 0.3 is 12.2 Å². The molecule has 0 aliphatic heterocycles. The van der Waals surface area contributed by atoms with Crippen LogP contribution >= 0.6 is 0 Å². The van der Waals surface area contributed by atoms with Gasteiger partial charge in [0.15, 0.2) is 0 Å². The highest BCUT2D eigenvalue weighted by Crippen LogP contribution is 2.30. The Kier molecular flexibility index (Phi) is 6.42. The molecule has 3 rings (SSSR count). The minimum atomic E-state index is -4.50. The molecule has 0 aliphatic rings. The van der Waals surface area contributed by atoms with E-state index in [9.17, 15) is 31.5 Å².